The summed E-state index contributed by atoms with van der Waals surface area (Å²) < 4.78 is 0. The summed E-state index contributed by atoms with van der Waals surface area (Å²) >= 11 is 1.48. The zero-order chi connectivity index (χ0) is 19.5. The largest absolute Gasteiger partial charge is 0.342 e. The number of thiazole rings is 1. The van der Waals surface area contributed by atoms with Crippen LogP contribution < -0.4 is 5.32 Å². The summed E-state index contributed by atoms with van der Waals surface area (Å²) in [4.78, 5) is 32.0. The van der Waals surface area contributed by atoms with Crippen LogP contribution in [0.25, 0.3) is 0 Å². The van der Waals surface area contributed by atoms with Gasteiger partial charge in [-0.3, -0.25) is 9.59 Å². The molecule has 1 N–H and O–H groups in total. The number of amides is 2. The fourth-order valence-corrected chi connectivity index (χ4v) is 4.35. The third kappa shape index (κ3) is 4.39. The number of piperidine rings is 1. The number of hydrogen-bond acceptors (Lipinski definition) is 5. The molecule has 1 saturated heterocycles. The summed E-state index contributed by atoms with van der Waals surface area (Å²) in [5.41, 5.74) is 1.75. The number of nitrogens with one attached hydrogen (secondary N) is 1. The molecule has 7 heteroatoms. The van der Waals surface area contributed by atoms with Gasteiger partial charge in [0.15, 0.2) is 5.13 Å². The Morgan fingerprint density at radius 3 is 2.50 bits per heavy atom. The second-order valence-corrected chi connectivity index (χ2v) is 8.60. The molecule has 4 rings (SSSR count). The molecule has 144 valence electrons. The Bertz CT molecular complexity index is 903. The number of likely N-dealkylation sites (tertiary alicyclic amines) is 1. The number of anilines is 1. The SMILES string of the molecule is N#Cc1ccc(Cc2cnc(NC(=O)C3CCN(C(=O)C4CC4)CC3)s2)cc1. The lowest BCUT2D eigenvalue weighted by molar-refractivity contribution is -0.135. The molecule has 0 radical (unpaired) electrons. The van der Waals surface area contributed by atoms with Gasteiger partial charge >= 0.3 is 0 Å². The molecule has 0 atom stereocenters. The summed E-state index contributed by atoms with van der Waals surface area (Å²) in [6.07, 6.45) is 5.99. The quantitative estimate of drug-likeness (QED) is 0.844. The minimum Gasteiger partial charge on any atom is -0.342 e. The van der Waals surface area contributed by atoms with Gasteiger partial charge in [0, 0.05) is 42.4 Å². The maximum absolute atomic E-state index is 12.5. The molecule has 1 aliphatic carbocycles. The highest BCUT2D eigenvalue weighted by Gasteiger charge is 2.36. The molecule has 0 bridgehead atoms. The highest BCUT2D eigenvalue weighted by atomic mass is 32.1. The van der Waals surface area contributed by atoms with Crippen LogP contribution in [0.15, 0.2) is 30.5 Å². The zero-order valence-corrected chi connectivity index (χ0v) is 16.4. The number of benzene rings is 1. The van der Waals surface area contributed by atoms with Crippen LogP contribution >= 0.6 is 11.3 Å². The van der Waals surface area contributed by atoms with Gasteiger partial charge in [0.05, 0.1) is 11.6 Å². The number of hydrogen-bond donors (Lipinski definition) is 1. The van der Waals surface area contributed by atoms with Gasteiger partial charge < -0.3 is 10.2 Å². The second-order valence-electron chi connectivity index (χ2n) is 7.48. The van der Waals surface area contributed by atoms with Crippen molar-refractivity contribution in [3.63, 3.8) is 0 Å². The molecule has 1 aliphatic heterocycles. The molecule has 2 aliphatic rings. The fraction of sp³-hybridized carbons (Fsp3) is 0.429. The third-order valence-electron chi connectivity index (χ3n) is 5.35. The van der Waals surface area contributed by atoms with Crippen LogP contribution in [0.3, 0.4) is 0 Å². The number of nitriles is 1. The topological polar surface area (TPSA) is 86.1 Å². The van der Waals surface area contributed by atoms with Crippen molar-refractivity contribution in [2.24, 2.45) is 11.8 Å². The van der Waals surface area contributed by atoms with Gasteiger partial charge in [-0.1, -0.05) is 12.1 Å². The van der Waals surface area contributed by atoms with Crippen molar-refractivity contribution in [3.8, 4) is 6.07 Å². The smallest absolute Gasteiger partial charge is 0.229 e. The molecule has 2 heterocycles. The van der Waals surface area contributed by atoms with Crippen LogP contribution in [0.2, 0.25) is 0 Å². The highest BCUT2D eigenvalue weighted by molar-refractivity contribution is 7.15. The molecule has 2 amide bonds. The predicted octanol–water partition coefficient (Wildman–Crippen LogP) is 3.19. The molecule has 1 saturated carbocycles. The first kappa shape index (κ1) is 18.6. The van der Waals surface area contributed by atoms with E-state index in [0.29, 0.717) is 36.6 Å². The lowest BCUT2D eigenvalue weighted by atomic mass is 9.95. The van der Waals surface area contributed by atoms with E-state index in [1.54, 1.807) is 18.3 Å². The summed E-state index contributed by atoms with van der Waals surface area (Å²) in [7, 11) is 0. The Kier molecular flexibility index (Phi) is 5.40. The molecule has 0 unspecified atom stereocenters. The molecular weight excluding hydrogens is 372 g/mol. The van der Waals surface area contributed by atoms with Crippen molar-refractivity contribution >= 4 is 28.3 Å². The van der Waals surface area contributed by atoms with E-state index in [-0.39, 0.29) is 23.7 Å². The maximum atomic E-state index is 12.5. The Labute approximate surface area is 168 Å². The van der Waals surface area contributed by atoms with Gasteiger partial charge in [0.25, 0.3) is 0 Å². The van der Waals surface area contributed by atoms with Crippen molar-refractivity contribution in [3.05, 3.63) is 46.5 Å². The number of nitrogens with zero attached hydrogens (tertiary/aromatic N) is 3. The normalized spacial score (nSPS) is 17.2. The zero-order valence-electron chi connectivity index (χ0n) is 15.6. The van der Waals surface area contributed by atoms with Crippen LogP contribution in [0, 0.1) is 23.2 Å². The summed E-state index contributed by atoms with van der Waals surface area (Å²) in [5.74, 6) is 0.452. The summed E-state index contributed by atoms with van der Waals surface area (Å²) in [6.45, 7) is 1.35. The maximum Gasteiger partial charge on any atom is 0.229 e. The van der Waals surface area contributed by atoms with E-state index in [4.69, 9.17) is 5.26 Å². The van der Waals surface area contributed by atoms with Gasteiger partial charge in [-0.05, 0) is 43.4 Å². The Hall–Kier alpha value is -2.72. The van der Waals surface area contributed by atoms with E-state index >= 15 is 0 Å². The first-order chi connectivity index (χ1) is 13.6. The van der Waals surface area contributed by atoms with Crippen molar-refractivity contribution in [1.29, 1.82) is 5.26 Å². The van der Waals surface area contributed by atoms with Crippen LogP contribution in [0.1, 0.15) is 41.7 Å². The van der Waals surface area contributed by atoms with Crippen LogP contribution in [-0.4, -0.2) is 34.8 Å². The van der Waals surface area contributed by atoms with E-state index in [1.807, 2.05) is 17.0 Å². The van der Waals surface area contributed by atoms with E-state index < -0.39 is 0 Å². The van der Waals surface area contributed by atoms with Crippen molar-refractivity contribution in [2.45, 2.75) is 32.1 Å². The Morgan fingerprint density at radius 1 is 1.14 bits per heavy atom. The lowest BCUT2D eigenvalue weighted by Crippen LogP contribution is -2.42. The number of rotatable bonds is 5. The van der Waals surface area contributed by atoms with Crippen molar-refractivity contribution < 1.29 is 9.59 Å². The van der Waals surface area contributed by atoms with E-state index in [1.165, 1.54) is 11.3 Å². The number of aromatic nitrogens is 1. The number of carbonyl (C=O) groups excluding carboxylic acids is 2. The average molecular weight is 395 g/mol. The third-order valence-corrected chi connectivity index (χ3v) is 6.26. The molecule has 1 aromatic heterocycles. The standard InChI is InChI=1S/C21H22N4O2S/c22-12-15-3-1-14(2-4-15)11-18-13-23-21(28-18)24-19(26)16-7-9-25(10-8-16)20(27)17-5-6-17/h1-4,13,16-17H,5-11H2,(H,23,24,26). The van der Waals surface area contributed by atoms with Gasteiger partial charge in [-0.25, -0.2) is 4.98 Å². The van der Waals surface area contributed by atoms with Crippen molar-refractivity contribution in [1.82, 2.24) is 9.88 Å². The van der Waals surface area contributed by atoms with Crippen LogP contribution in [0.4, 0.5) is 5.13 Å². The first-order valence-corrected chi connectivity index (χ1v) is 10.5. The molecule has 28 heavy (non-hydrogen) atoms. The average Bonchev–Trinajstić information content (AvgIpc) is 3.49. The Morgan fingerprint density at radius 2 is 1.86 bits per heavy atom. The predicted molar refractivity (Wildman–Crippen MR) is 107 cm³/mol. The molecule has 6 nitrogen and oxygen atoms in total. The number of carbonyl (C=O) groups is 2. The van der Waals surface area contributed by atoms with Gasteiger partial charge in [0.2, 0.25) is 11.8 Å². The van der Waals surface area contributed by atoms with Gasteiger partial charge in [-0.2, -0.15) is 5.26 Å². The fourth-order valence-electron chi connectivity index (χ4n) is 3.50. The molecule has 1 aromatic carbocycles. The monoisotopic (exact) mass is 394 g/mol. The minimum atomic E-state index is -0.0610. The summed E-state index contributed by atoms with van der Waals surface area (Å²) in [5, 5.41) is 12.4. The Balaban J connectivity index is 1.28. The van der Waals surface area contributed by atoms with E-state index in [9.17, 15) is 9.59 Å². The van der Waals surface area contributed by atoms with Gasteiger partial charge in [-0.15, -0.1) is 11.3 Å². The molecule has 2 fully saturated rings. The molecule has 2 aromatic rings. The molecule has 0 spiro atoms. The minimum absolute atomic E-state index is 0.00204. The first-order valence-electron chi connectivity index (χ1n) is 9.66. The van der Waals surface area contributed by atoms with E-state index in [2.05, 4.69) is 16.4 Å². The lowest BCUT2D eigenvalue weighted by Gasteiger charge is -2.31. The van der Waals surface area contributed by atoms with E-state index in [0.717, 1.165) is 29.7 Å². The van der Waals surface area contributed by atoms with Gasteiger partial charge in [0.1, 0.15) is 0 Å². The van der Waals surface area contributed by atoms with Crippen LogP contribution in [0.5, 0.6) is 0 Å². The summed E-state index contributed by atoms with van der Waals surface area (Å²) in [6, 6.07) is 9.60. The molecular formula is C21H22N4O2S. The van der Waals surface area contributed by atoms with Crippen LogP contribution in [-0.2, 0) is 16.0 Å². The second kappa shape index (κ2) is 8.11. The highest BCUT2D eigenvalue weighted by Crippen LogP contribution is 2.32. The van der Waals surface area contributed by atoms with Crippen molar-refractivity contribution in [2.75, 3.05) is 18.4 Å².